The van der Waals surface area contributed by atoms with Crippen molar-refractivity contribution in [3.05, 3.63) is 42.0 Å². The van der Waals surface area contributed by atoms with Gasteiger partial charge >= 0.3 is 0 Å². The Kier molecular flexibility index (Phi) is 4.56. The van der Waals surface area contributed by atoms with E-state index < -0.39 is 0 Å². The van der Waals surface area contributed by atoms with Crippen LogP contribution >= 0.6 is 0 Å². The molecule has 2 N–H and O–H groups in total. The number of hydrogen-bond donors (Lipinski definition) is 2. The Labute approximate surface area is 142 Å². The summed E-state index contributed by atoms with van der Waals surface area (Å²) in [6, 6.07) is 11.8. The van der Waals surface area contributed by atoms with Crippen LogP contribution in [0.2, 0.25) is 0 Å². The summed E-state index contributed by atoms with van der Waals surface area (Å²) in [7, 11) is 0. The van der Waals surface area contributed by atoms with Crippen molar-refractivity contribution in [2.45, 2.75) is 51.9 Å². The molecule has 1 heterocycles. The Morgan fingerprint density at radius 3 is 2.58 bits per heavy atom. The first-order valence-corrected chi connectivity index (χ1v) is 8.65. The van der Waals surface area contributed by atoms with Gasteiger partial charge in [-0.25, -0.2) is 0 Å². The molecule has 0 radical (unpaired) electrons. The molecule has 0 aliphatic carbocycles. The number of hydrogen-bond acceptors (Lipinski definition) is 3. The van der Waals surface area contributed by atoms with Crippen molar-refractivity contribution in [3.63, 3.8) is 0 Å². The smallest absolute Gasteiger partial charge is 0.123 e. The van der Waals surface area contributed by atoms with Gasteiger partial charge in [-0.1, -0.05) is 52.2 Å². The Hall–Kier alpha value is -2.36. The average molecular weight is 323 g/mol. The molecule has 0 unspecified atom stereocenters. The normalized spacial score (nSPS) is 12.0. The van der Waals surface area contributed by atoms with Crippen molar-refractivity contribution in [1.29, 1.82) is 0 Å². The van der Waals surface area contributed by atoms with Crippen LogP contribution in [0.3, 0.4) is 0 Å². The summed E-state index contributed by atoms with van der Waals surface area (Å²) in [5.74, 6) is 0.297. The maximum Gasteiger partial charge on any atom is 0.123 e. The van der Waals surface area contributed by atoms with Gasteiger partial charge in [0.15, 0.2) is 0 Å². The third kappa shape index (κ3) is 3.28. The van der Waals surface area contributed by atoms with Crippen LogP contribution in [-0.4, -0.2) is 20.5 Å². The highest BCUT2D eigenvalue weighted by molar-refractivity contribution is 5.82. The van der Waals surface area contributed by atoms with Crippen molar-refractivity contribution < 1.29 is 5.11 Å². The highest BCUT2D eigenvalue weighted by Crippen LogP contribution is 2.37. The molecular formula is C20H25N3O. The average Bonchev–Trinajstić information content (AvgIpc) is 3.02. The highest BCUT2D eigenvalue weighted by atomic mass is 16.3. The second kappa shape index (κ2) is 6.63. The summed E-state index contributed by atoms with van der Waals surface area (Å²) in [6.45, 7) is 6.78. The number of aromatic amines is 1. The zero-order valence-corrected chi connectivity index (χ0v) is 14.6. The van der Waals surface area contributed by atoms with Gasteiger partial charge in [0.1, 0.15) is 16.8 Å². The third-order valence-electron chi connectivity index (χ3n) is 4.81. The van der Waals surface area contributed by atoms with Crippen molar-refractivity contribution >= 4 is 11.0 Å². The molecule has 126 valence electrons. The number of fused-ring (bicyclic) bond motifs is 1. The molecule has 0 aliphatic rings. The fourth-order valence-corrected chi connectivity index (χ4v) is 3.16. The van der Waals surface area contributed by atoms with E-state index in [1.165, 1.54) is 24.8 Å². The van der Waals surface area contributed by atoms with Crippen LogP contribution < -0.4 is 0 Å². The maximum atomic E-state index is 10.3. The van der Waals surface area contributed by atoms with E-state index in [0.29, 0.717) is 5.75 Å². The number of benzene rings is 2. The minimum Gasteiger partial charge on any atom is -0.507 e. The van der Waals surface area contributed by atoms with Gasteiger partial charge in [0.25, 0.3) is 0 Å². The molecule has 0 amide bonds. The molecular weight excluding hydrogens is 298 g/mol. The summed E-state index contributed by atoms with van der Waals surface area (Å²) in [5.41, 5.74) is 4.79. The topological polar surface area (TPSA) is 61.8 Å². The van der Waals surface area contributed by atoms with Crippen LogP contribution in [0, 0.1) is 0 Å². The first-order valence-electron chi connectivity index (χ1n) is 8.65. The lowest BCUT2D eigenvalue weighted by Crippen LogP contribution is -2.17. The van der Waals surface area contributed by atoms with E-state index in [4.69, 9.17) is 0 Å². The monoisotopic (exact) mass is 323 g/mol. The summed E-state index contributed by atoms with van der Waals surface area (Å²) in [6.07, 6.45) is 4.86. The minimum atomic E-state index is 0.0929. The number of rotatable bonds is 6. The lowest BCUT2D eigenvalue weighted by atomic mass is 9.79. The lowest BCUT2D eigenvalue weighted by molar-refractivity contribution is 0.447. The van der Waals surface area contributed by atoms with Gasteiger partial charge < -0.3 is 5.11 Å². The van der Waals surface area contributed by atoms with Crippen LogP contribution in [0.25, 0.3) is 22.2 Å². The molecule has 3 rings (SSSR count). The summed E-state index contributed by atoms with van der Waals surface area (Å²) >= 11 is 0. The van der Waals surface area contributed by atoms with E-state index in [1.807, 2.05) is 24.3 Å². The van der Waals surface area contributed by atoms with E-state index in [2.05, 4.69) is 42.2 Å². The Balaban J connectivity index is 1.96. The van der Waals surface area contributed by atoms with Crippen LogP contribution in [0.4, 0.5) is 0 Å². The van der Waals surface area contributed by atoms with Crippen molar-refractivity contribution in [2.75, 3.05) is 0 Å². The SMILES string of the molecule is CCCCCC(C)(C)c1ccc(O)c(-c2ccc3n[nH]nc3c2)c1. The van der Waals surface area contributed by atoms with E-state index in [1.54, 1.807) is 6.07 Å². The first kappa shape index (κ1) is 16.5. The highest BCUT2D eigenvalue weighted by Gasteiger charge is 2.21. The largest absolute Gasteiger partial charge is 0.507 e. The van der Waals surface area contributed by atoms with Crippen LogP contribution in [0.15, 0.2) is 36.4 Å². The molecule has 0 saturated heterocycles. The molecule has 4 heteroatoms. The molecule has 0 aliphatic heterocycles. The van der Waals surface area contributed by atoms with Crippen molar-refractivity contribution in [1.82, 2.24) is 15.4 Å². The Morgan fingerprint density at radius 2 is 1.79 bits per heavy atom. The van der Waals surface area contributed by atoms with Gasteiger partial charge in [-0.2, -0.15) is 15.4 Å². The predicted molar refractivity (Wildman–Crippen MR) is 98.2 cm³/mol. The Bertz CT molecular complexity index is 836. The molecule has 4 nitrogen and oxygen atoms in total. The number of unbranched alkanes of at least 4 members (excludes halogenated alkanes) is 2. The second-order valence-corrected chi connectivity index (χ2v) is 7.10. The number of phenolic OH excluding ortho intramolecular Hbond substituents is 1. The number of H-pyrrole nitrogens is 1. The molecule has 0 bridgehead atoms. The quantitative estimate of drug-likeness (QED) is 0.614. The van der Waals surface area contributed by atoms with Crippen molar-refractivity contribution in [2.24, 2.45) is 0 Å². The van der Waals surface area contributed by atoms with Gasteiger partial charge in [-0.3, -0.25) is 0 Å². The molecule has 24 heavy (non-hydrogen) atoms. The zero-order chi connectivity index (χ0) is 17.2. The zero-order valence-electron chi connectivity index (χ0n) is 14.6. The number of aromatic nitrogens is 3. The van der Waals surface area contributed by atoms with Gasteiger partial charge in [-0.05, 0) is 47.2 Å². The third-order valence-corrected chi connectivity index (χ3v) is 4.81. The molecule has 0 spiro atoms. The molecule has 3 aromatic rings. The number of nitrogens with one attached hydrogen (secondary N) is 1. The maximum absolute atomic E-state index is 10.3. The van der Waals surface area contributed by atoms with E-state index in [-0.39, 0.29) is 5.41 Å². The Morgan fingerprint density at radius 1 is 1.00 bits per heavy atom. The summed E-state index contributed by atoms with van der Waals surface area (Å²) < 4.78 is 0. The van der Waals surface area contributed by atoms with Gasteiger partial charge in [0.05, 0.1) is 0 Å². The minimum absolute atomic E-state index is 0.0929. The predicted octanol–water partition coefficient (Wildman–Crippen LogP) is 5.19. The van der Waals surface area contributed by atoms with Gasteiger partial charge in [-0.15, -0.1) is 0 Å². The molecule has 0 saturated carbocycles. The number of aromatic hydroxyl groups is 1. The second-order valence-electron chi connectivity index (χ2n) is 7.10. The number of nitrogens with zero attached hydrogens (tertiary/aromatic N) is 2. The fraction of sp³-hybridized carbons (Fsp3) is 0.400. The van der Waals surface area contributed by atoms with E-state index in [9.17, 15) is 5.11 Å². The van der Waals surface area contributed by atoms with Crippen LogP contribution in [0.5, 0.6) is 5.75 Å². The van der Waals surface area contributed by atoms with E-state index in [0.717, 1.165) is 28.6 Å². The fourth-order valence-electron chi connectivity index (χ4n) is 3.16. The summed E-state index contributed by atoms with van der Waals surface area (Å²) in [5, 5.41) is 21.2. The van der Waals surface area contributed by atoms with E-state index >= 15 is 0 Å². The molecule has 0 fully saturated rings. The standard InChI is InChI=1S/C20H25N3O/c1-4-5-6-11-20(2,3)15-8-10-19(24)16(13-15)14-7-9-17-18(12-14)22-23-21-17/h7-10,12-13,24H,4-6,11H2,1-3H3,(H,21,22,23). The first-order chi connectivity index (χ1) is 11.5. The van der Waals surface area contributed by atoms with Gasteiger partial charge in [0.2, 0.25) is 0 Å². The van der Waals surface area contributed by atoms with Crippen molar-refractivity contribution in [3.8, 4) is 16.9 Å². The van der Waals surface area contributed by atoms with Gasteiger partial charge in [0, 0.05) is 5.56 Å². The van der Waals surface area contributed by atoms with Crippen LogP contribution in [0.1, 0.15) is 52.0 Å². The molecule has 0 atom stereocenters. The molecule has 1 aromatic heterocycles. The number of phenols is 1. The van der Waals surface area contributed by atoms with Crippen LogP contribution in [-0.2, 0) is 5.41 Å². The molecule has 2 aromatic carbocycles. The lowest BCUT2D eigenvalue weighted by Gasteiger charge is -2.26. The summed E-state index contributed by atoms with van der Waals surface area (Å²) in [4.78, 5) is 0.